The van der Waals surface area contributed by atoms with E-state index in [0.29, 0.717) is 34.4 Å². The van der Waals surface area contributed by atoms with Crippen LogP contribution in [0.3, 0.4) is 0 Å². The average molecular weight is 351 g/mol. The quantitative estimate of drug-likeness (QED) is 0.795. The van der Waals surface area contributed by atoms with Crippen LogP contribution in [-0.4, -0.2) is 38.3 Å². The van der Waals surface area contributed by atoms with Crippen molar-refractivity contribution in [1.82, 2.24) is 4.98 Å². The van der Waals surface area contributed by atoms with Gasteiger partial charge in [-0.25, -0.2) is 4.98 Å². The van der Waals surface area contributed by atoms with Gasteiger partial charge in [0.25, 0.3) is 5.91 Å². The molecule has 0 aliphatic rings. The van der Waals surface area contributed by atoms with Crippen LogP contribution in [0.25, 0.3) is 0 Å². The van der Waals surface area contributed by atoms with Crippen LogP contribution in [0, 0.1) is 0 Å². The number of hydrogen-bond donors (Lipinski definition) is 2. The minimum absolute atomic E-state index is 0.0192. The molecule has 1 atom stereocenters. The molecule has 0 bridgehead atoms. The number of anilines is 1. The molecule has 1 heterocycles. The Morgan fingerprint density at radius 1 is 1.25 bits per heavy atom. The molecule has 0 radical (unpaired) electrons. The Balaban J connectivity index is 2.21. The van der Waals surface area contributed by atoms with Gasteiger partial charge in [-0.3, -0.25) is 10.1 Å². The van der Waals surface area contributed by atoms with Gasteiger partial charge >= 0.3 is 0 Å². The van der Waals surface area contributed by atoms with Crippen LogP contribution in [0.5, 0.6) is 17.2 Å². The van der Waals surface area contributed by atoms with Crippen LogP contribution < -0.4 is 25.3 Å². The molecular weight excluding hydrogens is 330 g/mol. The number of thiazole rings is 1. The fourth-order valence-corrected chi connectivity index (χ4v) is 2.89. The van der Waals surface area contributed by atoms with Crippen molar-refractivity contribution >= 4 is 22.4 Å². The number of carbonyl (C=O) groups excluding carboxylic acids is 1. The SMILES string of the molecule is COc1cc(C(=O)Nc2nc(CC(C)N)cs2)cc(OC)c1OC. The van der Waals surface area contributed by atoms with E-state index >= 15 is 0 Å². The number of methoxy groups -OCH3 is 3. The van der Waals surface area contributed by atoms with Crippen LogP contribution >= 0.6 is 11.3 Å². The van der Waals surface area contributed by atoms with Gasteiger partial charge in [0.1, 0.15) is 0 Å². The summed E-state index contributed by atoms with van der Waals surface area (Å²) in [6, 6.07) is 3.20. The number of rotatable bonds is 7. The van der Waals surface area contributed by atoms with Gasteiger partial charge in [0, 0.05) is 23.4 Å². The van der Waals surface area contributed by atoms with Crippen molar-refractivity contribution in [3.8, 4) is 17.2 Å². The number of nitrogens with one attached hydrogen (secondary N) is 1. The number of hydrogen-bond acceptors (Lipinski definition) is 7. The van der Waals surface area contributed by atoms with Crippen molar-refractivity contribution in [1.29, 1.82) is 0 Å². The second-order valence-corrected chi connectivity index (χ2v) is 6.05. The third-order valence-electron chi connectivity index (χ3n) is 3.23. The van der Waals surface area contributed by atoms with Gasteiger partial charge in [0.2, 0.25) is 5.75 Å². The first-order valence-electron chi connectivity index (χ1n) is 7.29. The molecule has 130 valence electrons. The predicted molar refractivity (Wildman–Crippen MR) is 93.5 cm³/mol. The van der Waals surface area contributed by atoms with Crippen molar-refractivity contribution in [2.24, 2.45) is 5.73 Å². The van der Waals surface area contributed by atoms with E-state index in [9.17, 15) is 4.79 Å². The highest BCUT2D eigenvalue weighted by Gasteiger charge is 2.18. The summed E-state index contributed by atoms with van der Waals surface area (Å²) in [5.41, 5.74) is 6.99. The number of nitrogens with two attached hydrogens (primary N) is 1. The lowest BCUT2D eigenvalue weighted by Gasteiger charge is -2.13. The number of ether oxygens (including phenoxy) is 3. The van der Waals surface area contributed by atoms with Crippen LogP contribution in [0.1, 0.15) is 23.0 Å². The van der Waals surface area contributed by atoms with E-state index < -0.39 is 0 Å². The zero-order chi connectivity index (χ0) is 17.7. The molecule has 7 nitrogen and oxygen atoms in total. The molecule has 1 unspecified atom stereocenters. The Morgan fingerprint density at radius 2 is 1.88 bits per heavy atom. The predicted octanol–water partition coefficient (Wildman–Crippen LogP) is 2.31. The van der Waals surface area contributed by atoms with Crippen LogP contribution in [0.2, 0.25) is 0 Å². The molecule has 1 aromatic heterocycles. The molecule has 24 heavy (non-hydrogen) atoms. The molecule has 0 aliphatic heterocycles. The standard InChI is InChI=1S/C16H21N3O4S/c1-9(17)5-11-8-24-16(18-11)19-15(20)10-6-12(21-2)14(23-4)13(7-10)22-3/h6-9H,5,17H2,1-4H3,(H,18,19,20). The van der Waals surface area contributed by atoms with Gasteiger partial charge in [0.15, 0.2) is 16.6 Å². The number of carbonyl (C=O) groups is 1. The monoisotopic (exact) mass is 351 g/mol. The zero-order valence-corrected chi connectivity index (χ0v) is 14.9. The highest BCUT2D eigenvalue weighted by atomic mass is 32.1. The van der Waals surface area contributed by atoms with Crippen LogP contribution in [0.4, 0.5) is 5.13 Å². The molecule has 8 heteroatoms. The summed E-state index contributed by atoms with van der Waals surface area (Å²) in [4.78, 5) is 16.8. The molecule has 3 N–H and O–H groups in total. The maximum atomic E-state index is 12.5. The first-order valence-corrected chi connectivity index (χ1v) is 8.17. The normalized spacial score (nSPS) is 11.7. The lowest BCUT2D eigenvalue weighted by molar-refractivity contribution is 0.102. The van der Waals surface area contributed by atoms with Gasteiger partial charge in [-0.05, 0) is 19.1 Å². The fraction of sp³-hybridized carbons (Fsp3) is 0.375. The topological polar surface area (TPSA) is 95.7 Å². The Morgan fingerprint density at radius 3 is 2.38 bits per heavy atom. The van der Waals surface area contributed by atoms with Crippen molar-refractivity contribution < 1.29 is 19.0 Å². The van der Waals surface area contributed by atoms with Crippen LogP contribution in [0.15, 0.2) is 17.5 Å². The van der Waals surface area contributed by atoms with Gasteiger partial charge in [-0.1, -0.05) is 0 Å². The van der Waals surface area contributed by atoms with E-state index in [-0.39, 0.29) is 11.9 Å². The molecule has 2 aromatic rings. The van der Waals surface area contributed by atoms with E-state index in [4.69, 9.17) is 19.9 Å². The molecule has 0 saturated heterocycles. The van der Waals surface area contributed by atoms with E-state index in [1.807, 2.05) is 12.3 Å². The lowest BCUT2D eigenvalue weighted by Crippen LogP contribution is -2.18. The Bertz CT molecular complexity index is 690. The molecule has 0 spiro atoms. The summed E-state index contributed by atoms with van der Waals surface area (Å²) in [5, 5.41) is 5.17. The highest BCUT2D eigenvalue weighted by Crippen LogP contribution is 2.38. The molecule has 2 rings (SSSR count). The molecule has 1 aromatic carbocycles. The summed E-state index contributed by atoms with van der Waals surface area (Å²) in [5.74, 6) is 0.957. The van der Waals surface area contributed by atoms with E-state index in [1.54, 1.807) is 12.1 Å². The molecule has 1 amide bonds. The maximum Gasteiger partial charge on any atom is 0.257 e. The average Bonchev–Trinajstić information content (AvgIpc) is 2.99. The van der Waals surface area contributed by atoms with E-state index in [2.05, 4.69) is 10.3 Å². The van der Waals surface area contributed by atoms with Gasteiger partial charge < -0.3 is 19.9 Å². The lowest BCUT2D eigenvalue weighted by atomic mass is 10.1. The zero-order valence-electron chi connectivity index (χ0n) is 14.1. The Kier molecular flexibility index (Phi) is 5.99. The number of aromatic nitrogens is 1. The van der Waals surface area contributed by atoms with Crippen molar-refractivity contribution in [3.05, 3.63) is 28.8 Å². The fourth-order valence-electron chi connectivity index (χ4n) is 2.17. The summed E-state index contributed by atoms with van der Waals surface area (Å²) in [6.07, 6.45) is 0.663. The first kappa shape index (κ1) is 18.0. The molecular formula is C16H21N3O4S. The second-order valence-electron chi connectivity index (χ2n) is 5.19. The molecule has 0 saturated carbocycles. The number of nitrogens with zero attached hydrogens (tertiary/aromatic N) is 1. The smallest absolute Gasteiger partial charge is 0.257 e. The van der Waals surface area contributed by atoms with Crippen molar-refractivity contribution in [3.63, 3.8) is 0 Å². The summed E-state index contributed by atoms with van der Waals surface area (Å²) < 4.78 is 15.8. The number of amides is 1. The van der Waals surface area contributed by atoms with Gasteiger partial charge in [-0.2, -0.15) is 0 Å². The molecule has 0 fully saturated rings. The second kappa shape index (κ2) is 7.98. The van der Waals surface area contributed by atoms with Crippen LogP contribution in [-0.2, 0) is 6.42 Å². The Labute approximate surface area is 144 Å². The maximum absolute atomic E-state index is 12.5. The van der Waals surface area contributed by atoms with Gasteiger partial charge in [-0.15, -0.1) is 11.3 Å². The summed E-state index contributed by atoms with van der Waals surface area (Å²) in [6.45, 7) is 1.91. The summed E-state index contributed by atoms with van der Waals surface area (Å²) >= 11 is 1.36. The largest absolute Gasteiger partial charge is 0.493 e. The third kappa shape index (κ3) is 4.15. The first-order chi connectivity index (χ1) is 11.5. The summed E-state index contributed by atoms with van der Waals surface area (Å²) in [7, 11) is 4.51. The van der Waals surface area contributed by atoms with Crippen molar-refractivity contribution in [2.45, 2.75) is 19.4 Å². The van der Waals surface area contributed by atoms with Gasteiger partial charge in [0.05, 0.1) is 27.0 Å². The minimum atomic E-state index is -0.309. The number of benzene rings is 1. The minimum Gasteiger partial charge on any atom is -0.493 e. The Hall–Kier alpha value is -2.32. The van der Waals surface area contributed by atoms with Crippen molar-refractivity contribution in [2.75, 3.05) is 26.6 Å². The highest BCUT2D eigenvalue weighted by molar-refractivity contribution is 7.14. The van der Waals surface area contributed by atoms with E-state index in [0.717, 1.165) is 5.69 Å². The third-order valence-corrected chi connectivity index (χ3v) is 4.04. The molecule has 0 aliphatic carbocycles. The van der Waals surface area contributed by atoms with E-state index in [1.165, 1.54) is 32.7 Å².